The molecule has 0 atom stereocenters. The maximum absolute atomic E-state index is 13.9. The molecule has 0 unspecified atom stereocenters. The summed E-state index contributed by atoms with van der Waals surface area (Å²) in [4.78, 5) is 11.2. The number of aromatic carboxylic acids is 1. The summed E-state index contributed by atoms with van der Waals surface area (Å²) in [6.45, 7) is 0.353. The van der Waals surface area contributed by atoms with Crippen LogP contribution in [0, 0.1) is 5.82 Å². The van der Waals surface area contributed by atoms with Gasteiger partial charge in [-0.15, -0.1) is 0 Å². The van der Waals surface area contributed by atoms with Gasteiger partial charge in [0.2, 0.25) is 0 Å². The number of carbonyl (C=O) groups is 1. The van der Waals surface area contributed by atoms with Crippen LogP contribution in [0.15, 0.2) is 53.1 Å². The average Bonchev–Trinajstić information content (AvgIpc) is 2.85. The van der Waals surface area contributed by atoms with E-state index >= 15 is 0 Å². The average molecular weight is 348 g/mol. The Kier molecular flexibility index (Phi) is 3.51. The molecule has 3 aromatic rings. The van der Waals surface area contributed by atoms with Gasteiger partial charge in [-0.05, 0) is 30.3 Å². The Bertz CT molecular complexity index is 841. The third kappa shape index (κ3) is 2.56. The number of hydrogen-bond donors (Lipinski definition) is 1. The van der Waals surface area contributed by atoms with Crippen molar-refractivity contribution in [3.05, 3.63) is 70.1 Å². The molecule has 1 N–H and O–H groups in total. The van der Waals surface area contributed by atoms with Gasteiger partial charge in [-0.3, -0.25) is 0 Å². The fraction of sp³-hybridized carbons (Fsp3) is 0.0625. The summed E-state index contributed by atoms with van der Waals surface area (Å²) < 4.78 is 16.4. The lowest BCUT2D eigenvalue weighted by molar-refractivity contribution is 0.0699. The van der Waals surface area contributed by atoms with E-state index in [0.717, 1.165) is 5.52 Å². The van der Waals surface area contributed by atoms with E-state index in [1.165, 1.54) is 6.07 Å². The predicted octanol–water partition coefficient (Wildman–Crippen LogP) is 4.29. The summed E-state index contributed by atoms with van der Waals surface area (Å²) >= 11 is 3.23. The first-order valence-corrected chi connectivity index (χ1v) is 7.10. The Hall–Kier alpha value is -2.14. The lowest BCUT2D eigenvalue weighted by atomic mass is 10.1. The first kappa shape index (κ1) is 13.8. The molecule has 1 heterocycles. The summed E-state index contributed by atoms with van der Waals surface area (Å²) in [5.74, 6) is -1.26. The molecule has 0 amide bonds. The van der Waals surface area contributed by atoms with Gasteiger partial charge in [0.1, 0.15) is 5.82 Å². The Labute approximate surface area is 128 Å². The maximum atomic E-state index is 13.9. The van der Waals surface area contributed by atoms with Crippen molar-refractivity contribution >= 4 is 32.8 Å². The van der Waals surface area contributed by atoms with Crippen LogP contribution in [0.25, 0.3) is 10.9 Å². The Morgan fingerprint density at radius 3 is 2.76 bits per heavy atom. The third-order valence-electron chi connectivity index (χ3n) is 3.40. The van der Waals surface area contributed by atoms with Crippen LogP contribution >= 0.6 is 15.9 Å². The summed E-state index contributed by atoms with van der Waals surface area (Å²) in [6.07, 6.45) is 1.78. The van der Waals surface area contributed by atoms with E-state index < -0.39 is 5.97 Å². The summed E-state index contributed by atoms with van der Waals surface area (Å²) in [5.41, 5.74) is 1.58. The van der Waals surface area contributed by atoms with Gasteiger partial charge in [-0.25, -0.2) is 9.18 Å². The molecule has 0 aliphatic rings. The van der Waals surface area contributed by atoms with Gasteiger partial charge in [0.05, 0.1) is 12.1 Å². The normalized spacial score (nSPS) is 11.0. The summed E-state index contributed by atoms with van der Waals surface area (Å²) in [7, 11) is 0. The van der Waals surface area contributed by atoms with Crippen LogP contribution in [0.2, 0.25) is 0 Å². The van der Waals surface area contributed by atoms with Crippen molar-refractivity contribution in [2.24, 2.45) is 0 Å². The number of rotatable bonds is 3. The first-order chi connectivity index (χ1) is 10.1. The van der Waals surface area contributed by atoms with Crippen LogP contribution in [0.4, 0.5) is 4.39 Å². The van der Waals surface area contributed by atoms with Crippen LogP contribution in [0.1, 0.15) is 15.9 Å². The van der Waals surface area contributed by atoms with Gasteiger partial charge < -0.3 is 9.67 Å². The molecule has 3 rings (SSSR count). The minimum Gasteiger partial charge on any atom is -0.478 e. The van der Waals surface area contributed by atoms with E-state index in [-0.39, 0.29) is 11.4 Å². The second kappa shape index (κ2) is 5.33. The molecule has 0 fully saturated rings. The van der Waals surface area contributed by atoms with Gasteiger partial charge >= 0.3 is 5.97 Å². The lowest BCUT2D eigenvalue weighted by Gasteiger charge is -2.08. The number of fused-ring (bicyclic) bond motifs is 1. The molecule has 106 valence electrons. The molecular weight excluding hydrogens is 337 g/mol. The van der Waals surface area contributed by atoms with Gasteiger partial charge in [-0.1, -0.05) is 28.1 Å². The molecule has 1 aromatic heterocycles. The van der Waals surface area contributed by atoms with Gasteiger partial charge in [0.25, 0.3) is 0 Å². The van der Waals surface area contributed by atoms with Crippen molar-refractivity contribution in [3.63, 3.8) is 0 Å². The van der Waals surface area contributed by atoms with Gasteiger partial charge in [0, 0.05) is 27.1 Å². The molecule has 0 saturated heterocycles. The highest BCUT2D eigenvalue weighted by molar-refractivity contribution is 9.10. The van der Waals surface area contributed by atoms with Crippen LogP contribution in [0.3, 0.4) is 0 Å². The Morgan fingerprint density at radius 2 is 2.05 bits per heavy atom. The third-order valence-corrected chi connectivity index (χ3v) is 3.89. The fourth-order valence-electron chi connectivity index (χ4n) is 2.38. The number of nitrogens with zero attached hydrogens (tertiary/aromatic N) is 1. The van der Waals surface area contributed by atoms with Crippen LogP contribution < -0.4 is 0 Å². The van der Waals surface area contributed by atoms with Crippen molar-refractivity contribution < 1.29 is 14.3 Å². The highest BCUT2D eigenvalue weighted by Gasteiger charge is 2.12. The smallest absolute Gasteiger partial charge is 0.336 e. The molecule has 21 heavy (non-hydrogen) atoms. The number of halogens is 2. The number of carboxylic acids is 1. The van der Waals surface area contributed by atoms with Crippen molar-refractivity contribution in [3.8, 4) is 0 Å². The minimum atomic E-state index is -0.965. The molecule has 0 saturated carbocycles. The standard InChI is InChI=1S/C16H11BrFNO2/c17-11-5-4-10(14(18)8-11)9-19-7-6-12-13(16(20)21)2-1-3-15(12)19/h1-8H,9H2,(H,20,21). The number of carboxylic acid groups (broad SMARTS) is 1. The predicted molar refractivity (Wildman–Crippen MR) is 82.1 cm³/mol. The lowest BCUT2D eigenvalue weighted by Crippen LogP contribution is -2.01. The largest absolute Gasteiger partial charge is 0.478 e. The zero-order valence-electron chi connectivity index (χ0n) is 10.9. The van der Waals surface area contributed by atoms with E-state index in [1.807, 2.05) is 10.6 Å². The molecule has 0 aliphatic carbocycles. The van der Waals surface area contributed by atoms with Gasteiger partial charge in [0.15, 0.2) is 0 Å². The zero-order valence-corrected chi connectivity index (χ0v) is 12.5. The number of benzene rings is 2. The monoisotopic (exact) mass is 347 g/mol. The molecule has 0 radical (unpaired) electrons. The molecular formula is C16H11BrFNO2. The first-order valence-electron chi connectivity index (χ1n) is 6.31. The second-order valence-corrected chi connectivity index (χ2v) is 5.64. The summed E-state index contributed by atoms with van der Waals surface area (Å²) in [5, 5.41) is 9.84. The quantitative estimate of drug-likeness (QED) is 0.767. The zero-order chi connectivity index (χ0) is 15.0. The van der Waals surface area contributed by atoms with E-state index in [0.29, 0.717) is 22.0 Å². The van der Waals surface area contributed by atoms with Gasteiger partial charge in [-0.2, -0.15) is 0 Å². The molecule has 3 nitrogen and oxygen atoms in total. The SMILES string of the molecule is O=C(O)c1cccc2c1ccn2Cc1ccc(Br)cc1F. The van der Waals surface area contributed by atoms with Crippen LogP contribution in [-0.2, 0) is 6.54 Å². The topological polar surface area (TPSA) is 42.2 Å². The molecule has 0 spiro atoms. The van der Waals surface area contributed by atoms with E-state index in [4.69, 9.17) is 0 Å². The summed E-state index contributed by atoms with van der Waals surface area (Å²) in [6, 6.07) is 11.8. The van der Waals surface area contributed by atoms with E-state index in [1.54, 1.807) is 36.5 Å². The molecule has 0 aliphatic heterocycles. The number of hydrogen-bond acceptors (Lipinski definition) is 1. The second-order valence-electron chi connectivity index (χ2n) is 4.72. The van der Waals surface area contributed by atoms with Crippen molar-refractivity contribution in [1.29, 1.82) is 0 Å². The fourth-order valence-corrected chi connectivity index (χ4v) is 2.71. The number of aromatic nitrogens is 1. The van der Waals surface area contributed by atoms with E-state index in [9.17, 15) is 14.3 Å². The highest BCUT2D eigenvalue weighted by atomic mass is 79.9. The van der Waals surface area contributed by atoms with E-state index in [2.05, 4.69) is 15.9 Å². The van der Waals surface area contributed by atoms with Crippen molar-refractivity contribution in [2.75, 3.05) is 0 Å². The van der Waals surface area contributed by atoms with Crippen LogP contribution in [-0.4, -0.2) is 15.6 Å². The minimum absolute atomic E-state index is 0.252. The van der Waals surface area contributed by atoms with Crippen LogP contribution in [0.5, 0.6) is 0 Å². The molecule has 5 heteroatoms. The van der Waals surface area contributed by atoms with Crippen molar-refractivity contribution in [1.82, 2.24) is 4.57 Å². The highest BCUT2D eigenvalue weighted by Crippen LogP contribution is 2.23. The molecule has 0 bridgehead atoms. The molecule has 2 aromatic carbocycles. The Morgan fingerprint density at radius 1 is 1.24 bits per heavy atom. The Balaban J connectivity index is 2.06. The van der Waals surface area contributed by atoms with Crippen molar-refractivity contribution in [2.45, 2.75) is 6.54 Å². The maximum Gasteiger partial charge on any atom is 0.336 e.